The zero-order valence-corrected chi connectivity index (χ0v) is 15.8. The number of halogens is 2. The van der Waals surface area contributed by atoms with E-state index >= 15 is 0 Å². The molecule has 1 saturated heterocycles. The molecule has 4 nitrogen and oxygen atoms in total. The summed E-state index contributed by atoms with van der Waals surface area (Å²) in [5.74, 6) is 0.880. The van der Waals surface area contributed by atoms with E-state index in [2.05, 4.69) is 34.7 Å². The fraction of sp³-hybridized carbons (Fsp3) is 0.438. The Hall–Kier alpha value is -0.850. The molecule has 2 aromatic rings. The number of methoxy groups -OCH3 is 1. The zero-order valence-electron chi connectivity index (χ0n) is 13.3. The lowest BCUT2D eigenvalue weighted by Gasteiger charge is -2.33. The van der Waals surface area contributed by atoms with E-state index in [4.69, 9.17) is 9.72 Å². The van der Waals surface area contributed by atoms with Gasteiger partial charge in [0.05, 0.1) is 12.8 Å². The van der Waals surface area contributed by atoms with Gasteiger partial charge in [-0.1, -0.05) is 0 Å². The Balaban J connectivity index is 0.00000132. The number of rotatable bonds is 4. The Bertz CT molecular complexity index is 591. The number of hydrogen-bond donors (Lipinski definition) is 1. The van der Waals surface area contributed by atoms with Gasteiger partial charge in [-0.3, -0.25) is 4.90 Å². The molecule has 3 rings (SSSR count). The van der Waals surface area contributed by atoms with Crippen molar-refractivity contribution in [1.29, 1.82) is 0 Å². The summed E-state index contributed by atoms with van der Waals surface area (Å²) in [6.45, 7) is 6.43. The lowest BCUT2D eigenvalue weighted by atomic mass is 10.2. The SMILES string of the molecule is COc1ccc(-c2nc(CN3CCNC[C@H]3C)cs2)cc1.Cl.Cl. The summed E-state index contributed by atoms with van der Waals surface area (Å²) in [6, 6.07) is 8.66. The molecule has 1 aliphatic heterocycles. The second-order valence-electron chi connectivity index (χ2n) is 5.40. The number of hydrogen-bond acceptors (Lipinski definition) is 5. The van der Waals surface area contributed by atoms with Gasteiger partial charge in [0.1, 0.15) is 10.8 Å². The first-order chi connectivity index (χ1) is 10.3. The average Bonchev–Trinajstić information content (AvgIpc) is 2.98. The molecule has 23 heavy (non-hydrogen) atoms. The van der Waals surface area contributed by atoms with Crippen molar-refractivity contribution in [2.45, 2.75) is 19.5 Å². The molecular weight excluding hydrogens is 353 g/mol. The molecule has 7 heteroatoms. The minimum atomic E-state index is 0. The number of ether oxygens (including phenoxy) is 1. The Morgan fingerprint density at radius 2 is 2.04 bits per heavy atom. The normalized spacial score (nSPS) is 17.9. The third-order valence-corrected chi connectivity index (χ3v) is 4.83. The molecule has 1 atom stereocenters. The van der Waals surface area contributed by atoms with E-state index in [1.54, 1.807) is 18.4 Å². The monoisotopic (exact) mass is 375 g/mol. The number of piperazine rings is 1. The molecule has 1 fully saturated rings. The molecule has 128 valence electrons. The zero-order chi connectivity index (χ0) is 14.7. The molecule has 2 heterocycles. The summed E-state index contributed by atoms with van der Waals surface area (Å²) in [5, 5.41) is 6.67. The van der Waals surface area contributed by atoms with Crippen molar-refractivity contribution in [1.82, 2.24) is 15.2 Å². The van der Waals surface area contributed by atoms with Gasteiger partial charge < -0.3 is 10.1 Å². The number of nitrogens with zero attached hydrogens (tertiary/aromatic N) is 2. The summed E-state index contributed by atoms with van der Waals surface area (Å²) in [4.78, 5) is 7.27. The van der Waals surface area contributed by atoms with Crippen LogP contribution in [0.3, 0.4) is 0 Å². The number of nitrogens with one attached hydrogen (secondary N) is 1. The van der Waals surface area contributed by atoms with Gasteiger partial charge in [-0.25, -0.2) is 4.98 Å². The first-order valence-corrected chi connectivity index (χ1v) is 8.18. The Labute approximate surface area is 154 Å². The molecule has 1 aliphatic rings. The van der Waals surface area contributed by atoms with E-state index in [9.17, 15) is 0 Å². The molecule has 0 bridgehead atoms. The van der Waals surface area contributed by atoms with Crippen molar-refractivity contribution in [3.8, 4) is 16.3 Å². The summed E-state index contributed by atoms with van der Waals surface area (Å²) in [6.07, 6.45) is 0. The molecule has 0 aliphatic carbocycles. The van der Waals surface area contributed by atoms with Crippen LogP contribution in [0.5, 0.6) is 5.75 Å². The fourth-order valence-corrected chi connectivity index (χ4v) is 3.39. The second kappa shape index (κ2) is 9.45. The Morgan fingerprint density at radius 3 is 2.70 bits per heavy atom. The fourth-order valence-electron chi connectivity index (χ4n) is 2.57. The van der Waals surface area contributed by atoms with E-state index in [1.165, 1.54) is 5.69 Å². The smallest absolute Gasteiger partial charge is 0.123 e. The van der Waals surface area contributed by atoms with Crippen LogP contribution in [0.2, 0.25) is 0 Å². The maximum Gasteiger partial charge on any atom is 0.123 e. The first kappa shape index (κ1) is 20.2. The maximum atomic E-state index is 5.19. The predicted molar refractivity (Wildman–Crippen MR) is 101 cm³/mol. The Morgan fingerprint density at radius 1 is 1.30 bits per heavy atom. The van der Waals surface area contributed by atoms with Crippen LogP contribution in [0.15, 0.2) is 29.6 Å². The van der Waals surface area contributed by atoms with Crippen molar-refractivity contribution < 1.29 is 4.74 Å². The molecule has 1 aromatic heterocycles. The summed E-state index contributed by atoms with van der Waals surface area (Å²) in [7, 11) is 1.69. The van der Waals surface area contributed by atoms with Gasteiger partial charge in [-0.15, -0.1) is 36.2 Å². The van der Waals surface area contributed by atoms with Crippen molar-refractivity contribution in [3.05, 3.63) is 35.3 Å². The molecule has 1 aromatic carbocycles. The molecule has 0 unspecified atom stereocenters. The standard InChI is InChI=1S/C16H21N3OS.2ClH/c1-12-9-17-7-8-19(12)10-14-11-21-16(18-14)13-3-5-15(20-2)6-4-13;;/h3-6,11-12,17H,7-10H2,1-2H3;2*1H/t12-;;/m1../s1. The van der Waals surface area contributed by atoms with E-state index in [1.807, 2.05) is 12.1 Å². The largest absolute Gasteiger partial charge is 0.497 e. The van der Waals surface area contributed by atoms with Crippen molar-refractivity contribution in [2.24, 2.45) is 0 Å². The third kappa shape index (κ3) is 5.06. The molecule has 0 saturated carbocycles. The summed E-state index contributed by atoms with van der Waals surface area (Å²) >= 11 is 1.71. The highest BCUT2D eigenvalue weighted by Gasteiger charge is 2.18. The minimum absolute atomic E-state index is 0. The highest BCUT2D eigenvalue weighted by atomic mass is 35.5. The first-order valence-electron chi connectivity index (χ1n) is 7.30. The van der Waals surface area contributed by atoms with E-state index in [-0.39, 0.29) is 24.8 Å². The maximum absolute atomic E-state index is 5.19. The van der Waals surface area contributed by atoms with Gasteiger partial charge in [0.15, 0.2) is 0 Å². The lowest BCUT2D eigenvalue weighted by Crippen LogP contribution is -2.49. The van der Waals surface area contributed by atoms with Crippen LogP contribution in [-0.2, 0) is 6.54 Å². The second-order valence-corrected chi connectivity index (χ2v) is 6.25. The number of thiazole rings is 1. The molecule has 0 amide bonds. The summed E-state index contributed by atoms with van der Waals surface area (Å²) in [5.41, 5.74) is 2.32. The van der Waals surface area contributed by atoms with Crippen LogP contribution in [0, 0.1) is 0 Å². The van der Waals surface area contributed by atoms with Crippen LogP contribution in [0.4, 0.5) is 0 Å². The highest BCUT2D eigenvalue weighted by Crippen LogP contribution is 2.26. The molecule has 0 radical (unpaired) electrons. The van der Waals surface area contributed by atoms with Crippen LogP contribution in [0.1, 0.15) is 12.6 Å². The van der Waals surface area contributed by atoms with E-state index in [0.717, 1.165) is 42.5 Å². The van der Waals surface area contributed by atoms with E-state index < -0.39 is 0 Å². The van der Waals surface area contributed by atoms with Gasteiger partial charge >= 0.3 is 0 Å². The lowest BCUT2D eigenvalue weighted by molar-refractivity contribution is 0.164. The average molecular weight is 376 g/mol. The predicted octanol–water partition coefficient (Wildman–Crippen LogP) is 3.46. The van der Waals surface area contributed by atoms with E-state index in [0.29, 0.717) is 6.04 Å². The van der Waals surface area contributed by atoms with Gasteiger partial charge in [-0.2, -0.15) is 0 Å². The van der Waals surface area contributed by atoms with Crippen LogP contribution in [0.25, 0.3) is 10.6 Å². The van der Waals surface area contributed by atoms with Gasteiger partial charge in [0.25, 0.3) is 0 Å². The number of benzene rings is 1. The van der Waals surface area contributed by atoms with Gasteiger partial charge in [0, 0.05) is 43.2 Å². The van der Waals surface area contributed by atoms with Gasteiger partial charge in [-0.05, 0) is 31.2 Å². The van der Waals surface area contributed by atoms with Crippen LogP contribution in [-0.4, -0.2) is 42.7 Å². The highest BCUT2D eigenvalue weighted by molar-refractivity contribution is 7.13. The van der Waals surface area contributed by atoms with Crippen LogP contribution >= 0.6 is 36.2 Å². The van der Waals surface area contributed by atoms with Crippen LogP contribution < -0.4 is 10.1 Å². The number of aromatic nitrogens is 1. The Kier molecular flexibility index (Phi) is 8.29. The van der Waals surface area contributed by atoms with Crippen molar-refractivity contribution in [2.75, 3.05) is 26.7 Å². The summed E-state index contributed by atoms with van der Waals surface area (Å²) < 4.78 is 5.19. The molecular formula is C16H23Cl2N3OS. The van der Waals surface area contributed by atoms with Gasteiger partial charge in [0.2, 0.25) is 0 Å². The topological polar surface area (TPSA) is 37.4 Å². The molecule has 0 spiro atoms. The minimum Gasteiger partial charge on any atom is -0.497 e. The third-order valence-electron chi connectivity index (χ3n) is 3.89. The molecule has 1 N–H and O–H groups in total. The van der Waals surface area contributed by atoms with Crippen molar-refractivity contribution in [3.63, 3.8) is 0 Å². The quantitative estimate of drug-likeness (QED) is 0.887. The van der Waals surface area contributed by atoms with Crippen molar-refractivity contribution >= 4 is 36.2 Å².